The molecule has 1 heterocycles. The number of hydrogen-bond donors (Lipinski definition) is 2. The fourth-order valence-electron chi connectivity index (χ4n) is 2.22. The van der Waals surface area contributed by atoms with Crippen molar-refractivity contribution in [1.29, 1.82) is 0 Å². The first-order chi connectivity index (χ1) is 11.5. The Morgan fingerprint density at radius 3 is 2.50 bits per heavy atom. The minimum absolute atomic E-state index is 0.0466. The Kier molecular flexibility index (Phi) is 4.18. The van der Waals surface area contributed by atoms with Gasteiger partial charge in [-0.25, -0.2) is 13.4 Å². The average molecular weight is 341 g/mol. The standard InChI is InChI=1S/C17H15N3O3S/c1-12(21)14-3-2-4-16(11-14)24(22,23)20-15-7-5-13(6-8-15)17-18-9-10-19-17/h2-11,20H,1H3,(H,18,19). The van der Waals surface area contributed by atoms with Gasteiger partial charge >= 0.3 is 0 Å². The first kappa shape index (κ1) is 15.9. The third-order valence-electron chi connectivity index (χ3n) is 3.46. The number of hydrogen-bond acceptors (Lipinski definition) is 4. The highest BCUT2D eigenvalue weighted by Gasteiger charge is 2.15. The zero-order chi connectivity index (χ0) is 17.2. The van der Waals surface area contributed by atoms with Gasteiger partial charge in [0.05, 0.1) is 4.90 Å². The Morgan fingerprint density at radius 1 is 1.12 bits per heavy atom. The van der Waals surface area contributed by atoms with E-state index in [2.05, 4.69) is 14.7 Å². The van der Waals surface area contributed by atoms with Crippen LogP contribution < -0.4 is 4.72 Å². The van der Waals surface area contributed by atoms with E-state index in [1.807, 2.05) is 0 Å². The summed E-state index contributed by atoms with van der Waals surface area (Å²) in [5.41, 5.74) is 1.63. The number of ketones is 1. The van der Waals surface area contributed by atoms with E-state index in [0.29, 0.717) is 17.1 Å². The fraction of sp³-hybridized carbons (Fsp3) is 0.0588. The first-order valence-corrected chi connectivity index (χ1v) is 8.68. The van der Waals surface area contributed by atoms with Crippen molar-refractivity contribution < 1.29 is 13.2 Å². The zero-order valence-corrected chi connectivity index (χ0v) is 13.7. The molecule has 3 aromatic rings. The number of sulfonamides is 1. The second-order valence-electron chi connectivity index (χ2n) is 5.20. The fourth-order valence-corrected chi connectivity index (χ4v) is 3.32. The SMILES string of the molecule is CC(=O)c1cccc(S(=O)(=O)Nc2ccc(-c3ncc[nH]3)cc2)c1. The molecule has 0 atom stereocenters. The third-order valence-corrected chi connectivity index (χ3v) is 4.84. The van der Waals surface area contributed by atoms with Crippen LogP contribution in [0.2, 0.25) is 0 Å². The van der Waals surface area contributed by atoms with E-state index in [0.717, 1.165) is 5.56 Å². The van der Waals surface area contributed by atoms with Crippen molar-refractivity contribution in [2.75, 3.05) is 4.72 Å². The van der Waals surface area contributed by atoms with Crippen LogP contribution >= 0.6 is 0 Å². The molecule has 7 heteroatoms. The zero-order valence-electron chi connectivity index (χ0n) is 12.9. The predicted octanol–water partition coefficient (Wildman–Crippen LogP) is 3.08. The number of Topliss-reactive ketones (excluding diaryl/α,β-unsaturated/α-hetero) is 1. The van der Waals surface area contributed by atoms with Crippen LogP contribution in [0, 0.1) is 0 Å². The predicted molar refractivity (Wildman–Crippen MR) is 91.3 cm³/mol. The summed E-state index contributed by atoms with van der Waals surface area (Å²) < 4.78 is 27.4. The molecule has 0 aliphatic rings. The molecule has 0 aliphatic heterocycles. The molecule has 0 unspecified atom stereocenters. The Morgan fingerprint density at radius 2 is 1.88 bits per heavy atom. The number of anilines is 1. The van der Waals surface area contributed by atoms with E-state index < -0.39 is 10.0 Å². The molecular weight excluding hydrogens is 326 g/mol. The van der Waals surface area contributed by atoms with Crippen molar-refractivity contribution >= 4 is 21.5 Å². The van der Waals surface area contributed by atoms with Crippen LogP contribution in [0.4, 0.5) is 5.69 Å². The van der Waals surface area contributed by atoms with Crippen LogP contribution in [-0.2, 0) is 10.0 Å². The van der Waals surface area contributed by atoms with Crippen LogP contribution in [0.3, 0.4) is 0 Å². The molecule has 0 saturated carbocycles. The van der Waals surface area contributed by atoms with E-state index in [1.165, 1.54) is 19.1 Å². The Labute approximate surface area is 139 Å². The summed E-state index contributed by atoms with van der Waals surface area (Å²) in [6, 6.07) is 12.8. The topological polar surface area (TPSA) is 91.9 Å². The van der Waals surface area contributed by atoms with Gasteiger partial charge in [0.25, 0.3) is 10.0 Å². The van der Waals surface area contributed by atoms with Crippen LogP contribution in [0.1, 0.15) is 17.3 Å². The molecule has 24 heavy (non-hydrogen) atoms. The number of rotatable bonds is 5. The van der Waals surface area contributed by atoms with Crippen molar-refractivity contribution in [3.63, 3.8) is 0 Å². The Hall–Kier alpha value is -2.93. The number of nitrogens with one attached hydrogen (secondary N) is 2. The Balaban J connectivity index is 1.84. The van der Waals surface area contributed by atoms with Gasteiger partial charge in [-0.1, -0.05) is 12.1 Å². The van der Waals surface area contributed by atoms with E-state index in [1.54, 1.807) is 48.8 Å². The maximum absolute atomic E-state index is 12.4. The maximum atomic E-state index is 12.4. The number of carbonyl (C=O) groups is 1. The summed E-state index contributed by atoms with van der Waals surface area (Å²) in [5, 5.41) is 0. The van der Waals surface area contributed by atoms with Crippen LogP contribution in [0.5, 0.6) is 0 Å². The molecule has 122 valence electrons. The lowest BCUT2D eigenvalue weighted by molar-refractivity contribution is 0.101. The van der Waals surface area contributed by atoms with E-state index in [-0.39, 0.29) is 10.7 Å². The number of benzene rings is 2. The maximum Gasteiger partial charge on any atom is 0.261 e. The molecule has 6 nitrogen and oxygen atoms in total. The number of carbonyl (C=O) groups excluding carboxylic acids is 1. The monoisotopic (exact) mass is 341 g/mol. The molecule has 0 amide bonds. The van der Waals surface area contributed by atoms with Crippen LogP contribution in [-0.4, -0.2) is 24.2 Å². The molecule has 0 spiro atoms. The lowest BCUT2D eigenvalue weighted by Gasteiger charge is -2.09. The van der Waals surface area contributed by atoms with E-state index in [9.17, 15) is 13.2 Å². The van der Waals surface area contributed by atoms with Gasteiger partial charge in [-0.15, -0.1) is 0 Å². The van der Waals surface area contributed by atoms with Crippen molar-refractivity contribution in [1.82, 2.24) is 9.97 Å². The van der Waals surface area contributed by atoms with Crippen molar-refractivity contribution in [3.05, 3.63) is 66.5 Å². The van der Waals surface area contributed by atoms with Crippen molar-refractivity contribution in [2.45, 2.75) is 11.8 Å². The van der Waals surface area contributed by atoms with Gasteiger partial charge in [0, 0.05) is 29.2 Å². The van der Waals surface area contributed by atoms with E-state index >= 15 is 0 Å². The first-order valence-electron chi connectivity index (χ1n) is 7.19. The van der Waals surface area contributed by atoms with Gasteiger partial charge < -0.3 is 4.98 Å². The molecule has 3 rings (SSSR count). The van der Waals surface area contributed by atoms with Crippen molar-refractivity contribution in [2.24, 2.45) is 0 Å². The molecule has 2 N–H and O–H groups in total. The smallest absolute Gasteiger partial charge is 0.261 e. The number of imidazole rings is 1. The van der Waals surface area contributed by atoms with Gasteiger partial charge in [-0.2, -0.15) is 0 Å². The van der Waals surface area contributed by atoms with Gasteiger partial charge in [0.15, 0.2) is 5.78 Å². The molecule has 0 bridgehead atoms. The highest BCUT2D eigenvalue weighted by Crippen LogP contribution is 2.21. The lowest BCUT2D eigenvalue weighted by atomic mass is 10.2. The highest BCUT2D eigenvalue weighted by molar-refractivity contribution is 7.92. The molecule has 0 fully saturated rings. The third kappa shape index (κ3) is 3.36. The molecule has 2 aromatic carbocycles. The second-order valence-corrected chi connectivity index (χ2v) is 6.89. The average Bonchev–Trinajstić information content (AvgIpc) is 3.10. The van der Waals surface area contributed by atoms with Gasteiger partial charge in [-0.3, -0.25) is 9.52 Å². The second kappa shape index (κ2) is 6.29. The molecule has 0 radical (unpaired) electrons. The molecular formula is C17H15N3O3S. The molecule has 0 aliphatic carbocycles. The minimum Gasteiger partial charge on any atom is -0.345 e. The summed E-state index contributed by atoms with van der Waals surface area (Å²) in [6.45, 7) is 1.40. The normalized spacial score (nSPS) is 11.2. The molecule has 1 aromatic heterocycles. The summed E-state index contributed by atoms with van der Waals surface area (Å²) >= 11 is 0. The lowest BCUT2D eigenvalue weighted by Crippen LogP contribution is -2.13. The molecule has 0 saturated heterocycles. The van der Waals surface area contributed by atoms with Crippen molar-refractivity contribution in [3.8, 4) is 11.4 Å². The van der Waals surface area contributed by atoms with Gasteiger partial charge in [0.1, 0.15) is 5.82 Å². The number of H-pyrrole nitrogens is 1. The van der Waals surface area contributed by atoms with E-state index in [4.69, 9.17) is 0 Å². The summed E-state index contributed by atoms with van der Waals surface area (Å²) in [4.78, 5) is 18.6. The van der Waals surface area contributed by atoms with Crippen LogP contribution in [0.25, 0.3) is 11.4 Å². The number of nitrogens with zero attached hydrogens (tertiary/aromatic N) is 1. The number of aromatic amines is 1. The largest absolute Gasteiger partial charge is 0.345 e. The summed E-state index contributed by atoms with van der Waals surface area (Å²) in [7, 11) is -3.76. The minimum atomic E-state index is -3.76. The number of aromatic nitrogens is 2. The quantitative estimate of drug-likeness (QED) is 0.698. The Bertz CT molecular complexity index is 963. The summed E-state index contributed by atoms with van der Waals surface area (Å²) in [6.07, 6.45) is 3.36. The van der Waals surface area contributed by atoms with Gasteiger partial charge in [-0.05, 0) is 43.3 Å². The highest BCUT2D eigenvalue weighted by atomic mass is 32.2. The summed E-state index contributed by atoms with van der Waals surface area (Å²) in [5.74, 6) is 0.522. The van der Waals surface area contributed by atoms with Crippen LogP contribution in [0.15, 0.2) is 65.8 Å². The van der Waals surface area contributed by atoms with Gasteiger partial charge in [0.2, 0.25) is 0 Å².